The Morgan fingerprint density at radius 3 is 2.65 bits per heavy atom. The van der Waals surface area contributed by atoms with Crippen molar-refractivity contribution in [3.05, 3.63) is 70.3 Å². The van der Waals surface area contributed by atoms with E-state index in [0.29, 0.717) is 23.3 Å². The SMILES string of the molecule is CCCc1ccc(S(=O)(=O)N(Cc2nc3ccccc3c(=O)[nH]2)CC2CCCO2)cc1. The molecule has 0 spiro atoms. The lowest BCUT2D eigenvalue weighted by atomic mass is 10.1. The van der Waals surface area contributed by atoms with Crippen LogP contribution in [0.25, 0.3) is 10.9 Å². The number of hydrogen-bond donors (Lipinski definition) is 1. The van der Waals surface area contributed by atoms with E-state index < -0.39 is 10.0 Å². The molecule has 1 aromatic heterocycles. The first-order chi connectivity index (χ1) is 15.0. The molecule has 1 aliphatic heterocycles. The van der Waals surface area contributed by atoms with Gasteiger partial charge in [0.1, 0.15) is 5.82 Å². The van der Waals surface area contributed by atoms with Crippen LogP contribution in [0.4, 0.5) is 0 Å². The van der Waals surface area contributed by atoms with Crippen LogP contribution in [0.1, 0.15) is 37.6 Å². The maximum atomic E-state index is 13.5. The number of benzene rings is 2. The summed E-state index contributed by atoms with van der Waals surface area (Å²) in [4.78, 5) is 19.9. The number of aromatic nitrogens is 2. The van der Waals surface area contributed by atoms with Crippen LogP contribution in [0.15, 0.2) is 58.2 Å². The largest absolute Gasteiger partial charge is 0.377 e. The maximum absolute atomic E-state index is 13.5. The van der Waals surface area contributed by atoms with Crippen molar-refractivity contribution in [3.63, 3.8) is 0 Å². The van der Waals surface area contributed by atoms with Crippen molar-refractivity contribution in [2.24, 2.45) is 0 Å². The van der Waals surface area contributed by atoms with Crippen LogP contribution in [-0.4, -0.2) is 41.9 Å². The highest BCUT2D eigenvalue weighted by molar-refractivity contribution is 7.89. The Hall–Kier alpha value is -2.55. The van der Waals surface area contributed by atoms with Gasteiger partial charge in [0.15, 0.2) is 0 Å². The van der Waals surface area contributed by atoms with E-state index in [-0.39, 0.29) is 29.6 Å². The third kappa shape index (κ3) is 4.87. The van der Waals surface area contributed by atoms with E-state index in [1.54, 1.807) is 36.4 Å². The van der Waals surface area contributed by atoms with Gasteiger partial charge in [-0.2, -0.15) is 4.31 Å². The molecule has 7 nitrogen and oxygen atoms in total. The molecule has 1 saturated heterocycles. The topological polar surface area (TPSA) is 92.4 Å². The quantitative estimate of drug-likeness (QED) is 0.579. The predicted octanol–water partition coefficient (Wildman–Crippen LogP) is 3.25. The summed E-state index contributed by atoms with van der Waals surface area (Å²) < 4.78 is 34.1. The van der Waals surface area contributed by atoms with E-state index in [1.807, 2.05) is 12.1 Å². The number of nitrogens with one attached hydrogen (secondary N) is 1. The number of aromatic amines is 1. The van der Waals surface area contributed by atoms with Gasteiger partial charge in [-0.05, 0) is 49.1 Å². The molecular weight excluding hydrogens is 414 g/mol. The van der Waals surface area contributed by atoms with E-state index >= 15 is 0 Å². The zero-order chi connectivity index (χ0) is 21.8. The third-order valence-corrected chi connectivity index (χ3v) is 7.34. The van der Waals surface area contributed by atoms with Crippen LogP contribution in [0.3, 0.4) is 0 Å². The number of hydrogen-bond acceptors (Lipinski definition) is 5. The fraction of sp³-hybridized carbons (Fsp3) is 0.391. The highest BCUT2D eigenvalue weighted by Crippen LogP contribution is 2.22. The molecule has 0 bridgehead atoms. The summed E-state index contributed by atoms with van der Waals surface area (Å²) in [5.41, 5.74) is 1.37. The molecule has 0 saturated carbocycles. The van der Waals surface area contributed by atoms with Crippen molar-refractivity contribution >= 4 is 20.9 Å². The summed E-state index contributed by atoms with van der Waals surface area (Å²) in [7, 11) is -3.79. The molecule has 0 amide bonds. The average Bonchev–Trinajstić information content (AvgIpc) is 3.27. The van der Waals surface area contributed by atoms with Gasteiger partial charge < -0.3 is 9.72 Å². The molecule has 0 radical (unpaired) electrons. The van der Waals surface area contributed by atoms with Gasteiger partial charge in [0, 0.05) is 13.2 Å². The van der Waals surface area contributed by atoms with Crippen molar-refractivity contribution < 1.29 is 13.2 Å². The molecule has 2 aromatic carbocycles. The van der Waals surface area contributed by atoms with Gasteiger partial charge in [-0.1, -0.05) is 37.6 Å². The van der Waals surface area contributed by atoms with E-state index in [9.17, 15) is 13.2 Å². The molecule has 164 valence electrons. The van der Waals surface area contributed by atoms with E-state index in [1.165, 1.54) is 4.31 Å². The first kappa shape index (κ1) is 21.7. The van der Waals surface area contributed by atoms with E-state index in [0.717, 1.165) is 31.2 Å². The lowest BCUT2D eigenvalue weighted by Crippen LogP contribution is -2.37. The van der Waals surface area contributed by atoms with Gasteiger partial charge in [-0.3, -0.25) is 4.79 Å². The van der Waals surface area contributed by atoms with Crippen LogP contribution in [0, 0.1) is 0 Å². The standard InChI is InChI=1S/C23H27N3O4S/c1-2-6-17-10-12-19(13-11-17)31(28,29)26(15-18-7-5-14-30-18)16-22-24-21-9-4-3-8-20(21)23(27)25-22/h3-4,8-13,18H,2,5-7,14-16H2,1H3,(H,24,25,27). The number of sulfonamides is 1. The van der Waals surface area contributed by atoms with Crippen molar-refractivity contribution in [1.29, 1.82) is 0 Å². The number of para-hydroxylation sites is 1. The Morgan fingerprint density at radius 1 is 1.16 bits per heavy atom. The molecule has 4 rings (SSSR count). The van der Waals surface area contributed by atoms with Crippen LogP contribution in [-0.2, 0) is 27.7 Å². The molecule has 2 heterocycles. The number of nitrogens with zero attached hydrogens (tertiary/aromatic N) is 2. The summed E-state index contributed by atoms with van der Waals surface area (Å²) in [6, 6.07) is 14.0. The molecule has 3 aromatic rings. The maximum Gasteiger partial charge on any atom is 0.258 e. The van der Waals surface area contributed by atoms with Crippen molar-refractivity contribution in [2.45, 2.75) is 50.2 Å². The minimum absolute atomic E-state index is 0.0288. The normalized spacial score (nSPS) is 16.9. The van der Waals surface area contributed by atoms with Gasteiger partial charge >= 0.3 is 0 Å². The van der Waals surface area contributed by atoms with Crippen LogP contribution in [0.2, 0.25) is 0 Å². The number of fused-ring (bicyclic) bond motifs is 1. The van der Waals surface area contributed by atoms with Gasteiger partial charge in [-0.25, -0.2) is 13.4 Å². The summed E-state index contributed by atoms with van der Waals surface area (Å²) in [5.74, 6) is 0.313. The highest BCUT2D eigenvalue weighted by atomic mass is 32.2. The van der Waals surface area contributed by atoms with Crippen molar-refractivity contribution in [2.75, 3.05) is 13.2 Å². The summed E-state index contributed by atoms with van der Waals surface area (Å²) in [6.07, 6.45) is 3.46. The molecule has 1 atom stereocenters. The number of rotatable bonds is 8. The van der Waals surface area contributed by atoms with Gasteiger partial charge in [0.05, 0.1) is 28.4 Å². The Kier molecular flexibility index (Phi) is 6.50. The monoisotopic (exact) mass is 441 g/mol. The van der Waals surface area contributed by atoms with Gasteiger partial charge in [0.2, 0.25) is 10.0 Å². The number of ether oxygens (including phenoxy) is 1. The molecule has 1 aliphatic rings. The Labute approximate surface area is 182 Å². The second-order valence-corrected chi connectivity index (χ2v) is 9.79. The fourth-order valence-electron chi connectivity index (χ4n) is 3.91. The number of H-pyrrole nitrogens is 1. The summed E-state index contributed by atoms with van der Waals surface area (Å²) in [5, 5.41) is 0.478. The zero-order valence-corrected chi connectivity index (χ0v) is 18.4. The second kappa shape index (κ2) is 9.30. The summed E-state index contributed by atoms with van der Waals surface area (Å²) >= 11 is 0. The average molecular weight is 442 g/mol. The Bertz CT molecular complexity index is 1200. The van der Waals surface area contributed by atoms with Crippen molar-refractivity contribution in [3.8, 4) is 0 Å². The van der Waals surface area contributed by atoms with Crippen LogP contribution >= 0.6 is 0 Å². The molecule has 0 aliphatic carbocycles. The Morgan fingerprint density at radius 2 is 1.94 bits per heavy atom. The molecule has 31 heavy (non-hydrogen) atoms. The van der Waals surface area contributed by atoms with E-state index in [4.69, 9.17) is 4.74 Å². The van der Waals surface area contributed by atoms with Crippen LogP contribution < -0.4 is 5.56 Å². The molecular formula is C23H27N3O4S. The minimum Gasteiger partial charge on any atom is -0.377 e. The zero-order valence-electron chi connectivity index (χ0n) is 17.6. The molecule has 1 unspecified atom stereocenters. The van der Waals surface area contributed by atoms with E-state index in [2.05, 4.69) is 16.9 Å². The summed E-state index contributed by atoms with van der Waals surface area (Å²) in [6.45, 7) is 2.91. The fourth-order valence-corrected chi connectivity index (χ4v) is 5.34. The first-order valence-electron chi connectivity index (χ1n) is 10.7. The lowest BCUT2D eigenvalue weighted by molar-refractivity contribution is 0.0921. The minimum atomic E-state index is -3.79. The molecule has 1 N–H and O–H groups in total. The first-order valence-corrected chi connectivity index (χ1v) is 12.1. The Balaban J connectivity index is 1.67. The third-order valence-electron chi connectivity index (χ3n) is 5.52. The smallest absolute Gasteiger partial charge is 0.258 e. The van der Waals surface area contributed by atoms with Gasteiger partial charge in [-0.15, -0.1) is 0 Å². The molecule has 1 fully saturated rings. The van der Waals surface area contributed by atoms with Gasteiger partial charge in [0.25, 0.3) is 5.56 Å². The lowest BCUT2D eigenvalue weighted by Gasteiger charge is -2.24. The molecule has 8 heteroatoms. The van der Waals surface area contributed by atoms with Crippen LogP contribution in [0.5, 0.6) is 0 Å². The predicted molar refractivity (Wildman–Crippen MR) is 119 cm³/mol. The number of aryl methyl sites for hydroxylation is 1. The second-order valence-electron chi connectivity index (χ2n) is 7.86. The highest BCUT2D eigenvalue weighted by Gasteiger charge is 2.30. The van der Waals surface area contributed by atoms with Crippen molar-refractivity contribution in [1.82, 2.24) is 14.3 Å².